The Morgan fingerprint density at radius 3 is 2.43 bits per heavy atom. The highest BCUT2D eigenvalue weighted by molar-refractivity contribution is 7.77. The molecule has 0 spiro atoms. The molecule has 0 aliphatic heterocycles. The zero-order valence-electron chi connectivity index (χ0n) is 3.18. The van der Waals surface area contributed by atoms with Crippen LogP contribution in [0.1, 0.15) is 0 Å². The van der Waals surface area contributed by atoms with Crippen LogP contribution in [0.5, 0.6) is 0 Å². The van der Waals surface area contributed by atoms with E-state index in [1.54, 1.807) is 0 Å². The molecule has 0 aliphatic rings. The minimum atomic E-state index is 0.151. The Balaban J connectivity index is 3.25. The van der Waals surface area contributed by atoms with Gasteiger partial charge in [-0.1, -0.05) is 4.58 Å². The van der Waals surface area contributed by atoms with E-state index in [1.165, 1.54) is 0 Å². The molecule has 0 saturated heterocycles. The van der Waals surface area contributed by atoms with Gasteiger partial charge >= 0.3 is 0 Å². The van der Waals surface area contributed by atoms with E-state index in [9.17, 15) is 0 Å². The fraction of sp³-hybridized carbons (Fsp3) is 0. The van der Waals surface area contributed by atoms with Gasteiger partial charge < -0.3 is 0 Å². The van der Waals surface area contributed by atoms with Crippen molar-refractivity contribution in [2.45, 2.75) is 0 Å². The zero-order chi connectivity index (χ0) is 5.70. The first-order valence-corrected chi connectivity index (χ1v) is 1.62. The highest BCUT2D eigenvalue weighted by Gasteiger charge is 1.75. The predicted molar refractivity (Wildman–Crippen MR) is 22.6 cm³/mol. The monoisotopic (exact) mass is 121 g/mol. The van der Waals surface area contributed by atoms with Crippen LogP contribution in [0.4, 0.5) is 0 Å². The summed E-state index contributed by atoms with van der Waals surface area (Å²) in [6.45, 7) is 0. The van der Waals surface area contributed by atoms with E-state index < -0.39 is 0 Å². The van der Waals surface area contributed by atoms with Gasteiger partial charge in [0, 0.05) is 0 Å². The molecular weight excluding hydrogens is 118 g/mol. The Bertz CT molecular complexity index is 76.1. The second kappa shape index (κ2) is 3.50. The van der Waals surface area contributed by atoms with Crippen LogP contribution >= 0.6 is 12.8 Å². The van der Waals surface area contributed by atoms with Crippen molar-refractivity contribution in [3.63, 3.8) is 0 Å². The summed E-state index contributed by atoms with van der Waals surface area (Å²) in [7, 11) is 0. The van der Waals surface area contributed by atoms with Crippen LogP contribution in [0, 0.1) is 5.53 Å². The minimum absolute atomic E-state index is 0.151. The summed E-state index contributed by atoms with van der Waals surface area (Å²) in [5.74, 6) is 0. The first-order valence-electron chi connectivity index (χ1n) is 1.22. The summed E-state index contributed by atoms with van der Waals surface area (Å²) in [6, 6.07) is 0. The molecular formula is H3N5OS. The van der Waals surface area contributed by atoms with Gasteiger partial charge in [0.05, 0.1) is 0 Å². The second-order valence-corrected chi connectivity index (χ2v) is 0.905. The molecule has 0 fully saturated rings. The minimum Gasteiger partial charge on any atom is -0.260 e. The first-order chi connectivity index (χ1) is 3.27. The lowest BCUT2D eigenvalue weighted by molar-refractivity contribution is 0.0126. The number of nitrogens with zero attached hydrogens (tertiary/aromatic N) is 4. The normalized spacial score (nSPS) is 9.43. The predicted octanol–water partition coefficient (Wildman–Crippen LogP) is 0.836. The molecule has 0 atom stereocenters. The lowest BCUT2D eigenvalue weighted by atomic mass is 12.5. The molecule has 0 aromatic heterocycles. The Morgan fingerprint density at radius 2 is 2.29 bits per heavy atom. The van der Waals surface area contributed by atoms with Gasteiger partial charge in [0.15, 0.2) is 0 Å². The van der Waals surface area contributed by atoms with Crippen LogP contribution < -0.4 is 0 Å². The van der Waals surface area contributed by atoms with Gasteiger partial charge in [0.1, 0.15) is 0 Å². The van der Waals surface area contributed by atoms with Gasteiger partial charge in [-0.25, -0.2) is 0 Å². The highest BCUT2D eigenvalue weighted by atomic mass is 32.1. The first kappa shape index (κ1) is 6.31. The SMILES string of the molecule is N=N/N=N/N(O)S. The molecule has 0 saturated carbocycles. The zero-order valence-corrected chi connectivity index (χ0v) is 4.08. The number of nitrogens with one attached hydrogen (secondary N) is 1. The van der Waals surface area contributed by atoms with E-state index >= 15 is 0 Å². The molecule has 7 heteroatoms. The highest BCUT2D eigenvalue weighted by Crippen LogP contribution is 1.86. The molecule has 0 unspecified atom stereocenters. The molecule has 0 aliphatic carbocycles. The van der Waals surface area contributed by atoms with Crippen molar-refractivity contribution in [1.82, 2.24) is 4.58 Å². The third kappa shape index (κ3) is 5.31. The fourth-order valence-electron chi connectivity index (χ4n) is 0.0558. The van der Waals surface area contributed by atoms with E-state index in [-0.39, 0.29) is 4.58 Å². The molecule has 0 amide bonds. The Labute approximate surface area is 44.8 Å². The maximum Gasteiger partial charge on any atom is -0.00289 e. The molecule has 0 aromatic rings. The molecule has 0 rings (SSSR count). The molecule has 7 heavy (non-hydrogen) atoms. The summed E-state index contributed by atoms with van der Waals surface area (Å²) in [5.41, 5.74) is 5.99. The summed E-state index contributed by atoms with van der Waals surface area (Å²) in [5, 5.41) is 15.9. The molecule has 0 aromatic carbocycles. The summed E-state index contributed by atoms with van der Waals surface area (Å²) in [6.07, 6.45) is 0. The number of rotatable bonds is 2. The number of hydrogen-bond donors (Lipinski definition) is 3. The molecule has 6 nitrogen and oxygen atoms in total. The summed E-state index contributed by atoms with van der Waals surface area (Å²) >= 11 is 3.22. The second-order valence-electron chi connectivity index (χ2n) is 0.547. The van der Waals surface area contributed by atoms with Gasteiger partial charge in [0.2, 0.25) is 0 Å². The van der Waals surface area contributed by atoms with Crippen molar-refractivity contribution in [2.24, 2.45) is 15.7 Å². The average molecular weight is 121 g/mol. The maximum absolute atomic E-state index is 7.98. The van der Waals surface area contributed by atoms with E-state index in [0.717, 1.165) is 0 Å². The molecule has 2 N–H and O–H groups in total. The van der Waals surface area contributed by atoms with Gasteiger partial charge in [-0.3, -0.25) is 5.21 Å². The quantitative estimate of drug-likeness (QED) is 0.287. The van der Waals surface area contributed by atoms with Crippen molar-refractivity contribution in [2.75, 3.05) is 0 Å². The molecule has 0 bridgehead atoms. The van der Waals surface area contributed by atoms with Crippen molar-refractivity contribution in [3.8, 4) is 0 Å². The largest absolute Gasteiger partial charge is 0.260 e. The van der Waals surface area contributed by atoms with Crippen LogP contribution in [0.25, 0.3) is 0 Å². The van der Waals surface area contributed by atoms with Gasteiger partial charge in [-0.15, -0.1) is 0 Å². The van der Waals surface area contributed by atoms with Crippen LogP contribution in [0.15, 0.2) is 15.7 Å². The van der Waals surface area contributed by atoms with Gasteiger partial charge in [-0.05, 0) is 28.5 Å². The Kier molecular flexibility index (Phi) is 3.15. The lowest BCUT2D eigenvalue weighted by Gasteiger charge is -1.90. The van der Waals surface area contributed by atoms with Crippen molar-refractivity contribution in [1.29, 1.82) is 5.53 Å². The maximum atomic E-state index is 7.98. The van der Waals surface area contributed by atoms with E-state index in [2.05, 4.69) is 28.5 Å². The lowest BCUT2D eigenvalue weighted by Crippen LogP contribution is -1.90. The summed E-state index contributed by atoms with van der Waals surface area (Å²) < 4.78 is 0.151. The van der Waals surface area contributed by atoms with E-state index in [1.807, 2.05) is 0 Å². The van der Waals surface area contributed by atoms with Crippen molar-refractivity contribution in [3.05, 3.63) is 0 Å². The third-order valence-electron chi connectivity index (χ3n) is 0.165. The third-order valence-corrected chi connectivity index (χ3v) is 0.245. The topological polar surface area (TPSA) is 84.4 Å². The van der Waals surface area contributed by atoms with Gasteiger partial charge in [0.25, 0.3) is 0 Å². The van der Waals surface area contributed by atoms with Crippen LogP contribution in [-0.2, 0) is 0 Å². The van der Waals surface area contributed by atoms with Crippen LogP contribution in [0.3, 0.4) is 0 Å². The number of thiol groups is 1. The van der Waals surface area contributed by atoms with Gasteiger partial charge in [-0.2, -0.15) is 5.53 Å². The fourth-order valence-corrected chi connectivity index (χ4v) is 0.0916. The van der Waals surface area contributed by atoms with Crippen LogP contribution in [-0.4, -0.2) is 9.78 Å². The van der Waals surface area contributed by atoms with Crippen molar-refractivity contribution >= 4 is 12.8 Å². The molecule has 0 heterocycles. The molecule has 0 radical (unpaired) electrons. The van der Waals surface area contributed by atoms with E-state index in [0.29, 0.717) is 0 Å². The number of hydrogen-bond acceptors (Lipinski definition) is 4. The van der Waals surface area contributed by atoms with Crippen molar-refractivity contribution < 1.29 is 5.21 Å². The summed E-state index contributed by atoms with van der Waals surface area (Å²) in [4.78, 5) is 0. The van der Waals surface area contributed by atoms with Crippen LogP contribution in [0.2, 0.25) is 0 Å². The van der Waals surface area contributed by atoms with E-state index in [4.69, 9.17) is 10.7 Å². The average Bonchev–Trinajstić information content (AvgIpc) is 1.61. The Hall–Kier alpha value is -0.690. The smallest absolute Gasteiger partial charge is 0.00289 e. The molecule has 40 valence electrons. The Morgan fingerprint density at radius 1 is 1.71 bits per heavy atom. The standard InChI is InChI=1S/H3N5OS/c1-2-3-4-5(6)7/h1,6-7H/b2-1?,4-3+.